The van der Waals surface area contributed by atoms with Gasteiger partial charge in [-0.1, -0.05) is 47.0 Å². The van der Waals surface area contributed by atoms with Gasteiger partial charge in [0, 0.05) is 0 Å². The van der Waals surface area contributed by atoms with Crippen LogP contribution in [-0.4, -0.2) is 11.2 Å². The normalized spacial score (nSPS) is 48.1. The smallest absolute Gasteiger partial charge is 0.0593 e. The van der Waals surface area contributed by atoms with E-state index in [1.54, 1.807) is 0 Å². The quantitative estimate of drug-likeness (QED) is 0.698. The second kappa shape index (κ2) is 6.11. The summed E-state index contributed by atoms with van der Waals surface area (Å²) < 4.78 is 0. The monoisotopic (exact) mass is 306 g/mol. The molecule has 3 rings (SSSR count). The van der Waals surface area contributed by atoms with E-state index in [0.29, 0.717) is 5.41 Å². The van der Waals surface area contributed by atoms with Crippen molar-refractivity contribution in [1.82, 2.24) is 0 Å². The van der Waals surface area contributed by atoms with E-state index in [9.17, 15) is 5.11 Å². The van der Waals surface area contributed by atoms with E-state index in [2.05, 4.69) is 27.7 Å². The molecule has 3 aliphatic carbocycles. The molecule has 22 heavy (non-hydrogen) atoms. The van der Waals surface area contributed by atoms with Gasteiger partial charge in [0.05, 0.1) is 6.10 Å². The van der Waals surface area contributed by atoms with E-state index in [0.717, 1.165) is 30.1 Å². The Hall–Kier alpha value is -0.0400. The molecule has 0 aliphatic heterocycles. The van der Waals surface area contributed by atoms with Crippen LogP contribution in [0.15, 0.2) is 0 Å². The topological polar surface area (TPSA) is 20.2 Å². The van der Waals surface area contributed by atoms with Gasteiger partial charge in [-0.2, -0.15) is 0 Å². The van der Waals surface area contributed by atoms with E-state index in [4.69, 9.17) is 0 Å². The predicted molar refractivity (Wildman–Crippen MR) is 93.7 cm³/mol. The molecule has 6 atom stereocenters. The lowest BCUT2D eigenvalue weighted by molar-refractivity contribution is -0.0430. The van der Waals surface area contributed by atoms with Crippen molar-refractivity contribution in [3.05, 3.63) is 0 Å². The van der Waals surface area contributed by atoms with Crippen molar-refractivity contribution < 1.29 is 5.11 Å². The molecule has 5 unspecified atom stereocenters. The summed E-state index contributed by atoms with van der Waals surface area (Å²) in [6.45, 7) is 9.76. The third-order valence-corrected chi connectivity index (χ3v) is 8.47. The molecule has 3 aliphatic rings. The molecule has 0 amide bonds. The zero-order valence-electron chi connectivity index (χ0n) is 15.4. The predicted octanol–water partition coefficient (Wildman–Crippen LogP) is 5.81. The number of hydrogen-bond acceptors (Lipinski definition) is 1. The van der Waals surface area contributed by atoms with Gasteiger partial charge in [0.1, 0.15) is 0 Å². The highest BCUT2D eigenvalue weighted by molar-refractivity contribution is 4.99. The Morgan fingerprint density at radius 3 is 2.45 bits per heavy atom. The fourth-order valence-electron chi connectivity index (χ4n) is 6.63. The largest absolute Gasteiger partial charge is 0.393 e. The first kappa shape index (κ1) is 16.8. The number of aliphatic hydroxyl groups excluding tert-OH is 1. The van der Waals surface area contributed by atoms with Crippen molar-refractivity contribution in [2.24, 2.45) is 34.5 Å². The van der Waals surface area contributed by atoms with Crippen molar-refractivity contribution in [2.45, 2.75) is 98.0 Å². The fraction of sp³-hybridized carbons (Fsp3) is 1.00. The first-order chi connectivity index (χ1) is 10.4. The standard InChI is InChI=1S/C21H38O/c1-15-10-11-17-8-6-14-21(17,4)18(15)13-12-16-7-5-9-19(22)20(16,2)3/h15-19,22H,5-14H2,1-4H3/t15?,16?,17?,18?,19-,21?/m0/s1. The summed E-state index contributed by atoms with van der Waals surface area (Å²) in [5.74, 6) is 3.59. The Balaban J connectivity index is 1.66. The van der Waals surface area contributed by atoms with Gasteiger partial charge >= 0.3 is 0 Å². The number of aliphatic hydroxyl groups is 1. The van der Waals surface area contributed by atoms with Crippen LogP contribution in [0.3, 0.4) is 0 Å². The van der Waals surface area contributed by atoms with Crippen LogP contribution >= 0.6 is 0 Å². The molecule has 0 saturated heterocycles. The lowest BCUT2D eigenvalue weighted by atomic mass is 9.56. The Morgan fingerprint density at radius 2 is 1.68 bits per heavy atom. The molecular formula is C21H38O. The second-order valence-electron chi connectivity index (χ2n) is 9.80. The van der Waals surface area contributed by atoms with Gasteiger partial charge < -0.3 is 5.11 Å². The fourth-order valence-corrected chi connectivity index (χ4v) is 6.63. The molecule has 0 spiro atoms. The van der Waals surface area contributed by atoms with Gasteiger partial charge in [0.15, 0.2) is 0 Å². The molecular weight excluding hydrogens is 268 g/mol. The molecule has 3 saturated carbocycles. The summed E-state index contributed by atoms with van der Waals surface area (Å²) in [5, 5.41) is 10.4. The highest BCUT2D eigenvalue weighted by atomic mass is 16.3. The summed E-state index contributed by atoms with van der Waals surface area (Å²) in [4.78, 5) is 0. The van der Waals surface area contributed by atoms with E-state index < -0.39 is 0 Å². The van der Waals surface area contributed by atoms with Crippen molar-refractivity contribution in [1.29, 1.82) is 0 Å². The second-order valence-corrected chi connectivity index (χ2v) is 9.80. The Kier molecular flexibility index (Phi) is 4.67. The molecule has 1 nitrogen and oxygen atoms in total. The van der Waals surface area contributed by atoms with Gasteiger partial charge in [-0.15, -0.1) is 0 Å². The van der Waals surface area contributed by atoms with Crippen LogP contribution in [0.4, 0.5) is 0 Å². The zero-order chi connectivity index (χ0) is 16.0. The molecule has 0 aromatic heterocycles. The summed E-state index contributed by atoms with van der Waals surface area (Å²) in [5.41, 5.74) is 0.765. The van der Waals surface area contributed by atoms with E-state index in [1.807, 2.05) is 0 Å². The van der Waals surface area contributed by atoms with Crippen molar-refractivity contribution in [3.8, 4) is 0 Å². The number of rotatable bonds is 3. The van der Waals surface area contributed by atoms with Crippen LogP contribution in [0.25, 0.3) is 0 Å². The number of fused-ring (bicyclic) bond motifs is 1. The lowest BCUT2D eigenvalue weighted by Crippen LogP contribution is -2.43. The minimum Gasteiger partial charge on any atom is -0.393 e. The minimum atomic E-state index is -0.0788. The lowest BCUT2D eigenvalue weighted by Gasteiger charge is -2.49. The Bertz CT molecular complexity index is 387. The maximum absolute atomic E-state index is 10.4. The molecule has 1 heteroatoms. The maximum atomic E-state index is 10.4. The third-order valence-electron chi connectivity index (χ3n) is 8.47. The van der Waals surface area contributed by atoms with Crippen molar-refractivity contribution in [2.75, 3.05) is 0 Å². The average molecular weight is 307 g/mol. The van der Waals surface area contributed by atoms with Gasteiger partial charge in [0.2, 0.25) is 0 Å². The number of hydrogen-bond donors (Lipinski definition) is 1. The van der Waals surface area contributed by atoms with Crippen LogP contribution in [0.2, 0.25) is 0 Å². The molecule has 1 N–H and O–H groups in total. The van der Waals surface area contributed by atoms with E-state index >= 15 is 0 Å². The molecule has 0 bridgehead atoms. The summed E-state index contributed by atoms with van der Waals surface area (Å²) in [6.07, 6.45) is 13.7. The van der Waals surface area contributed by atoms with Gasteiger partial charge in [-0.05, 0) is 79.4 Å². The van der Waals surface area contributed by atoms with E-state index in [1.165, 1.54) is 57.8 Å². The Morgan fingerprint density at radius 1 is 0.909 bits per heavy atom. The van der Waals surface area contributed by atoms with E-state index in [-0.39, 0.29) is 11.5 Å². The highest BCUT2D eigenvalue weighted by Gasteiger charge is 2.49. The van der Waals surface area contributed by atoms with Crippen LogP contribution in [0.5, 0.6) is 0 Å². The minimum absolute atomic E-state index is 0.0788. The summed E-state index contributed by atoms with van der Waals surface area (Å²) in [6, 6.07) is 0. The molecule has 3 fully saturated rings. The maximum Gasteiger partial charge on any atom is 0.0593 e. The van der Waals surface area contributed by atoms with Crippen LogP contribution in [0.1, 0.15) is 91.9 Å². The molecule has 128 valence electrons. The molecule has 0 radical (unpaired) electrons. The SMILES string of the molecule is CC1CCC2CCCC2(C)C1CCC1CCC[C@H](O)C1(C)C. The van der Waals surface area contributed by atoms with Gasteiger partial charge in [-0.25, -0.2) is 0 Å². The third kappa shape index (κ3) is 2.76. The summed E-state index contributed by atoms with van der Waals surface area (Å²) >= 11 is 0. The molecule has 0 aromatic rings. The van der Waals surface area contributed by atoms with Crippen molar-refractivity contribution in [3.63, 3.8) is 0 Å². The zero-order valence-corrected chi connectivity index (χ0v) is 15.4. The van der Waals surface area contributed by atoms with Gasteiger partial charge in [-0.3, -0.25) is 0 Å². The Labute approximate surface area is 138 Å². The first-order valence-electron chi connectivity index (χ1n) is 10.0. The first-order valence-corrected chi connectivity index (χ1v) is 10.0. The molecule has 0 aromatic carbocycles. The average Bonchev–Trinajstić information content (AvgIpc) is 2.84. The van der Waals surface area contributed by atoms with Gasteiger partial charge in [0.25, 0.3) is 0 Å². The molecule has 0 heterocycles. The van der Waals surface area contributed by atoms with Crippen LogP contribution in [-0.2, 0) is 0 Å². The highest BCUT2D eigenvalue weighted by Crippen LogP contribution is 2.58. The van der Waals surface area contributed by atoms with Crippen LogP contribution in [0, 0.1) is 34.5 Å². The van der Waals surface area contributed by atoms with Crippen molar-refractivity contribution >= 4 is 0 Å². The summed E-state index contributed by atoms with van der Waals surface area (Å²) in [7, 11) is 0. The van der Waals surface area contributed by atoms with Crippen LogP contribution < -0.4 is 0 Å².